The molecule has 0 fully saturated rings. The van der Waals surface area contributed by atoms with E-state index in [1.165, 1.54) is 11.8 Å². The third kappa shape index (κ3) is 4.94. The first-order chi connectivity index (χ1) is 9.45. The number of carbonyl (C=O) groups excluding carboxylic acids is 1. The molecule has 1 unspecified atom stereocenters. The van der Waals surface area contributed by atoms with Crippen LogP contribution in [-0.4, -0.2) is 35.2 Å². The summed E-state index contributed by atoms with van der Waals surface area (Å²) < 4.78 is 0. The Hall–Kier alpha value is -1.40. The first-order valence-electron chi connectivity index (χ1n) is 6.00. The molecule has 1 atom stereocenters. The molecule has 5 nitrogen and oxygen atoms in total. The van der Waals surface area contributed by atoms with Crippen molar-refractivity contribution in [3.63, 3.8) is 0 Å². The fourth-order valence-corrected chi connectivity index (χ4v) is 2.20. The highest BCUT2D eigenvalue weighted by Crippen LogP contribution is 2.22. The van der Waals surface area contributed by atoms with Gasteiger partial charge in [0.2, 0.25) is 0 Å². The summed E-state index contributed by atoms with van der Waals surface area (Å²) in [6.07, 6.45) is 2.26. The van der Waals surface area contributed by atoms with Crippen LogP contribution in [0, 0.1) is 6.92 Å². The molecule has 0 radical (unpaired) electrons. The van der Waals surface area contributed by atoms with Crippen LogP contribution in [0.25, 0.3) is 0 Å². The zero-order valence-corrected chi connectivity index (χ0v) is 12.8. The van der Waals surface area contributed by atoms with Gasteiger partial charge < -0.3 is 15.7 Å². The van der Waals surface area contributed by atoms with Gasteiger partial charge in [0.05, 0.1) is 0 Å². The Morgan fingerprint density at radius 3 is 2.75 bits per heavy atom. The average molecular weight is 317 g/mol. The largest absolute Gasteiger partial charge is 0.480 e. The highest BCUT2D eigenvalue weighted by atomic mass is 35.5. The SMILES string of the molecule is CSCCC(NC(=O)Nc1cccc(Cl)c1C)C(=O)O. The number of hydrogen-bond donors (Lipinski definition) is 3. The third-order valence-corrected chi connectivity index (χ3v) is 3.78. The second kappa shape index (κ2) is 8.01. The smallest absolute Gasteiger partial charge is 0.326 e. The number of benzene rings is 1. The summed E-state index contributed by atoms with van der Waals surface area (Å²) in [6, 6.07) is 3.69. The Kier molecular flexibility index (Phi) is 6.67. The lowest BCUT2D eigenvalue weighted by Gasteiger charge is -2.15. The first-order valence-corrected chi connectivity index (χ1v) is 7.77. The highest BCUT2D eigenvalue weighted by Gasteiger charge is 2.19. The molecule has 0 aliphatic heterocycles. The number of carbonyl (C=O) groups is 2. The molecule has 0 saturated heterocycles. The van der Waals surface area contributed by atoms with Gasteiger partial charge in [0, 0.05) is 10.7 Å². The van der Waals surface area contributed by atoms with Crippen molar-refractivity contribution in [2.75, 3.05) is 17.3 Å². The third-order valence-electron chi connectivity index (χ3n) is 2.73. The van der Waals surface area contributed by atoms with Gasteiger partial charge in [0.15, 0.2) is 0 Å². The Morgan fingerprint density at radius 2 is 2.15 bits per heavy atom. The molecule has 0 spiro atoms. The van der Waals surface area contributed by atoms with E-state index >= 15 is 0 Å². The number of thioether (sulfide) groups is 1. The number of anilines is 1. The maximum absolute atomic E-state index is 11.8. The van der Waals surface area contributed by atoms with E-state index in [-0.39, 0.29) is 0 Å². The maximum Gasteiger partial charge on any atom is 0.326 e. The van der Waals surface area contributed by atoms with Crippen LogP contribution in [0.1, 0.15) is 12.0 Å². The molecule has 110 valence electrons. The standard InChI is InChI=1S/C13H17ClN2O3S/c1-8-9(14)4-3-5-10(8)15-13(19)16-11(12(17)18)6-7-20-2/h3-5,11H,6-7H2,1-2H3,(H,17,18)(H2,15,16,19). The molecule has 0 aliphatic carbocycles. The summed E-state index contributed by atoms with van der Waals surface area (Å²) >= 11 is 7.48. The predicted molar refractivity (Wildman–Crippen MR) is 82.8 cm³/mol. The van der Waals surface area contributed by atoms with Crippen LogP contribution in [0.2, 0.25) is 5.02 Å². The minimum absolute atomic E-state index is 0.373. The molecular weight excluding hydrogens is 300 g/mol. The van der Waals surface area contributed by atoms with E-state index in [9.17, 15) is 9.59 Å². The molecule has 20 heavy (non-hydrogen) atoms. The lowest BCUT2D eigenvalue weighted by molar-refractivity contribution is -0.139. The van der Waals surface area contributed by atoms with Crippen molar-refractivity contribution < 1.29 is 14.7 Å². The van der Waals surface area contributed by atoms with Crippen LogP contribution in [0.5, 0.6) is 0 Å². The molecule has 3 N–H and O–H groups in total. The molecule has 0 aromatic heterocycles. The molecular formula is C13H17ClN2O3S. The van der Waals surface area contributed by atoms with Gasteiger partial charge in [-0.2, -0.15) is 11.8 Å². The molecule has 2 amide bonds. The summed E-state index contributed by atoms with van der Waals surface area (Å²) in [5.74, 6) is -0.384. The van der Waals surface area contributed by atoms with Gasteiger partial charge in [-0.25, -0.2) is 9.59 Å². The minimum Gasteiger partial charge on any atom is -0.480 e. The van der Waals surface area contributed by atoms with E-state index in [1.807, 2.05) is 6.26 Å². The normalized spacial score (nSPS) is 11.8. The van der Waals surface area contributed by atoms with E-state index in [4.69, 9.17) is 16.7 Å². The fraction of sp³-hybridized carbons (Fsp3) is 0.385. The minimum atomic E-state index is -1.04. The van der Waals surface area contributed by atoms with Crippen LogP contribution in [0.4, 0.5) is 10.5 Å². The summed E-state index contributed by atoms with van der Waals surface area (Å²) in [5, 5.41) is 14.6. The monoisotopic (exact) mass is 316 g/mol. The number of aliphatic carboxylic acids is 1. The molecule has 1 aromatic rings. The average Bonchev–Trinajstić information content (AvgIpc) is 2.39. The second-order valence-corrected chi connectivity index (χ2v) is 5.58. The van der Waals surface area contributed by atoms with E-state index in [0.717, 1.165) is 5.56 Å². The van der Waals surface area contributed by atoms with Gasteiger partial charge in [-0.15, -0.1) is 0 Å². The number of hydrogen-bond acceptors (Lipinski definition) is 3. The topological polar surface area (TPSA) is 78.4 Å². The van der Waals surface area contributed by atoms with Crippen molar-refractivity contribution in [1.82, 2.24) is 5.32 Å². The van der Waals surface area contributed by atoms with Crippen LogP contribution in [0.3, 0.4) is 0 Å². The molecule has 0 aliphatic rings. The Bertz CT molecular complexity index is 497. The van der Waals surface area contributed by atoms with E-state index in [2.05, 4.69) is 10.6 Å². The Labute approximate surface area is 127 Å². The van der Waals surface area contributed by atoms with Gasteiger partial charge in [-0.05, 0) is 43.0 Å². The zero-order valence-electron chi connectivity index (χ0n) is 11.3. The summed E-state index contributed by atoms with van der Waals surface area (Å²) in [4.78, 5) is 22.9. The molecule has 0 bridgehead atoms. The van der Waals surface area contributed by atoms with Gasteiger partial charge in [-0.1, -0.05) is 17.7 Å². The number of rotatable bonds is 6. The number of amides is 2. The van der Waals surface area contributed by atoms with Crippen LogP contribution >= 0.6 is 23.4 Å². The van der Waals surface area contributed by atoms with Crippen molar-refractivity contribution >= 4 is 41.1 Å². The number of nitrogens with one attached hydrogen (secondary N) is 2. The number of carboxylic acid groups (broad SMARTS) is 1. The fourth-order valence-electron chi connectivity index (χ4n) is 1.55. The predicted octanol–water partition coefficient (Wildman–Crippen LogP) is 2.98. The quantitative estimate of drug-likeness (QED) is 0.754. The van der Waals surface area contributed by atoms with Crippen molar-refractivity contribution in [3.8, 4) is 0 Å². The number of carboxylic acids is 1. The lowest BCUT2D eigenvalue weighted by atomic mass is 10.2. The maximum atomic E-state index is 11.8. The summed E-state index contributed by atoms with van der Waals surface area (Å²) in [5.41, 5.74) is 1.30. The zero-order chi connectivity index (χ0) is 15.1. The number of urea groups is 1. The second-order valence-electron chi connectivity index (χ2n) is 4.18. The van der Waals surface area contributed by atoms with E-state index in [1.54, 1.807) is 25.1 Å². The Morgan fingerprint density at radius 1 is 1.45 bits per heavy atom. The number of halogens is 1. The highest BCUT2D eigenvalue weighted by molar-refractivity contribution is 7.98. The molecule has 1 aromatic carbocycles. The van der Waals surface area contributed by atoms with E-state index in [0.29, 0.717) is 22.9 Å². The van der Waals surface area contributed by atoms with Crippen molar-refractivity contribution in [3.05, 3.63) is 28.8 Å². The Balaban J connectivity index is 2.66. The summed E-state index contributed by atoms with van der Waals surface area (Å²) in [6.45, 7) is 1.78. The van der Waals surface area contributed by atoms with Gasteiger partial charge >= 0.3 is 12.0 Å². The molecule has 0 heterocycles. The molecule has 1 rings (SSSR count). The molecule has 0 saturated carbocycles. The van der Waals surface area contributed by atoms with Gasteiger partial charge in [0.1, 0.15) is 6.04 Å². The van der Waals surface area contributed by atoms with E-state index < -0.39 is 18.0 Å². The van der Waals surface area contributed by atoms with Crippen molar-refractivity contribution in [2.45, 2.75) is 19.4 Å². The lowest BCUT2D eigenvalue weighted by Crippen LogP contribution is -2.43. The molecule has 7 heteroatoms. The van der Waals surface area contributed by atoms with Crippen LogP contribution in [0.15, 0.2) is 18.2 Å². The van der Waals surface area contributed by atoms with Crippen molar-refractivity contribution in [1.29, 1.82) is 0 Å². The van der Waals surface area contributed by atoms with Gasteiger partial charge in [-0.3, -0.25) is 0 Å². The van der Waals surface area contributed by atoms with Crippen molar-refractivity contribution in [2.24, 2.45) is 0 Å². The van der Waals surface area contributed by atoms with Crippen LogP contribution < -0.4 is 10.6 Å². The first kappa shape index (κ1) is 16.7. The van der Waals surface area contributed by atoms with Crippen LogP contribution in [-0.2, 0) is 4.79 Å². The summed E-state index contributed by atoms with van der Waals surface area (Å²) in [7, 11) is 0. The van der Waals surface area contributed by atoms with Gasteiger partial charge in [0.25, 0.3) is 0 Å².